The minimum absolute atomic E-state index is 0.0158. The lowest BCUT2D eigenvalue weighted by Crippen LogP contribution is -2.37. The maximum Gasteiger partial charge on any atom is 0.262 e. The summed E-state index contributed by atoms with van der Waals surface area (Å²) in [6, 6.07) is 7.99. The maximum atomic E-state index is 12.8. The topological polar surface area (TPSA) is 75.5 Å². The molecule has 2 aliphatic heterocycles. The molecule has 7 nitrogen and oxygen atoms in total. The summed E-state index contributed by atoms with van der Waals surface area (Å²) in [6.45, 7) is 3.17. The second-order valence-electron chi connectivity index (χ2n) is 6.94. The van der Waals surface area contributed by atoms with Gasteiger partial charge in [-0.15, -0.1) is 0 Å². The first kappa shape index (κ1) is 17.2. The van der Waals surface area contributed by atoms with E-state index in [2.05, 4.69) is 4.98 Å². The van der Waals surface area contributed by atoms with Gasteiger partial charge in [-0.05, 0) is 37.8 Å². The summed E-state index contributed by atoms with van der Waals surface area (Å²) >= 11 is 0. The van der Waals surface area contributed by atoms with E-state index < -0.39 is 10.0 Å². The van der Waals surface area contributed by atoms with Crippen molar-refractivity contribution in [2.24, 2.45) is 0 Å². The minimum Gasteiger partial charge on any atom is -0.327 e. The van der Waals surface area contributed by atoms with Crippen LogP contribution in [0.3, 0.4) is 0 Å². The first-order valence-electron chi connectivity index (χ1n) is 8.89. The lowest BCUT2D eigenvalue weighted by Gasteiger charge is -2.22. The van der Waals surface area contributed by atoms with Crippen molar-refractivity contribution in [2.45, 2.75) is 43.8 Å². The zero-order valence-corrected chi connectivity index (χ0v) is 15.5. The van der Waals surface area contributed by atoms with Gasteiger partial charge < -0.3 is 9.47 Å². The molecule has 0 aliphatic carbocycles. The largest absolute Gasteiger partial charge is 0.327 e. The monoisotopic (exact) mass is 374 g/mol. The highest BCUT2D eigenvalue weighted by Crippen LogP contribution is 2.32. The number of carbonyl (C=O) groups excluding carboxylic acids is 1. The van der Waals surface area contributed by atoms with E-state index in [1.165, 1.54) is 16.8 Å². The molecule has 1 aromatic carbocycles. The number of hydrogen-bond donors (Lipinski definition) is 0. The van der Waals surface area contributed by atoms with Crippen molar-refractivity contribution >= 4 is 21.6 Å². The van der Waals surface area contributed by atoms with Crippen LogP contribution in [-0.2, 0) is 27.8 Å². The summed E-state index contributed by atoms with van der Waals surface area (Å²) in [5.41, 5.74) is 2.10. The van der Waals surface area contributed by atoms with Crippen LogP contribution in [0, 0.1) is 0 Å². The van der Waals surface area contributed by atoms with E-state index in [4.69, 9.17) is 0 Å². The average molecular weight is 374 g/mol. The predicted molar refractivity (Wildman–Crippen MR) is 97.3 cm³/mol. The van der Waals surface area contributed by atoms with Crippen LogP contribution in [0.4, 0.5) is 5.69 Å². The number of rotatable bonds is 4. The molecule has 0 spiro atoms. The normalized spacial score (nSPS) is 20.5. The Labute approximate surface area is 153 Å². The summed E-state index contributed by atoms with van der Waals surface area (Å²) < 4.78 is 28.1. The zero-order valence-electron chi connectivity index (χ0n) is 14.7. The van der Waals surface area contributed by atoms with Crippen molar-refractivity contribution in [2.75, 3.05) is 18.0 Å². The fraction of sp³-hybridized carbons (Fsp3) is 0.444. The molecule has 1 amide bonds. The Morgan fingerprint density at radius 3 is 2.73 bits per heavy atom. The lowest BCUT2D eigenvalue weighted by molar-refractivity contribution is -0.119. The molecule has 8 heteroatoms. The van der Waals surface area contributed by atoms with Gasteiger partial charge in [-0.25, -0.2) is 13.4 Å². The Morgan fingerprint density at radius 1 is 1.23 bits per heavy atom. The van der Waals surface area contributed by atoms with Gasteiger partial charge in [0.05, 0.1) is 6.33 Å². The number of imidazole rings is 1. The molecule has 2 aliphatic rings. The zero-order chi connectivity index (χ0) is 18.3. The molecule has 0 bridgehead atoms. The highest BCUT2D eigenvalue weighted by molar-refractivity contribution is 7.89. The Balaban J connectivity index is 1.52. The number of hydrogen-bond acceptors (Lipinski definition) is 4. The fourth-order valence-corrected chi connectivity index (χ4v) is 5.25. The standard InChI is InChI=1S/C18H22N4O3S/c1-14-10-15-6-2-3-7-16(15)22(14)18(23)12-20-11-17(19-13-20)26(24,25)21-8-4-5-9-21/h2-3,6-7,11,13-14H,4-5,8-10,12H2,1H3/t14-/m0/s1. The summed E-state index contributed by atoms with van der Waals surface area (Å²) in [4.78, 5) is 18.7. The first-order valence-corrected chi connectivity index (χ1v) is 10.3. The number of fused-ring (bicyclic) bond motifs is 1. The van der Waals surface area contributed by atoms with Crippen molar-refractivity contribution in [3.8, 4) is 0 Å². The van der Waals surface area contributed by atoms with E-state index in [1.807, 2.05) is 31.2 Å². The van der Waals surface area contributed by atoms with Gasteiger partial charge in [-0.3, -0.25) is 4.79 Å². The van der Waals surface area contributed by atoms with Crippen LogP contribution in [0.25, 0.3) is 0 Å². The van der Waals surface area contributed by atoms with Crippen molar-refractivity contribution < 1.29 is 13.2 Å². The molecule has 0 saturated carbocycles. The summed E-state index contributed by atoms with van der Waals surface area (Å²) in [7, 11) is -3.56. The van der Waals surface area contributed by atoms with E-state index in [0.717, 1.165) is 30.5 Å². The van der Waals surface area contributed by atoms with Gasteiger partial charge >= 0.3 is 0 Å². The molecule has 0 unspecified atom stereocenters. The molecule has 1 saturated heterocycles. The molecule has 138 valence electrons. The van der Waals surface area contributed by atoms with Crippen LogP contribution in [0.1, 0.15) is 25.3 Å². The molecular weight excluding hydrogens is 352 g/mol. The van der Waals surface area contributed by atoms with Crippen LogP contribution >= 0.6 is 0 Å². The van der Waals surface area contributed by atoms with Crippen LogP contribution in [0.2, 0.25) is 0 Å². The lowest BCUT2D eigenvalue weighted by atomic mass is 10.1. The minimum atomic E-state index is -3.56. The molecule has 26 heavy (non-hydrogen) atoms. The van der Waals surface area contributed by atoms with E-state index in [9.17, 15) is 13.2 Å². The molecule has 2 aromatic rings. The Bertz CT molecular complexity index is 931. The molecule has 3 heterocycles. The van der Waals surface area contributed by atoms with Crippen LogP contribution in [0.5, 0.6) is 0 Å². The van der Waals surface area contributed by atoms with Gasteiger partial charge in [0.2, 0.25) is 5.91 Å². The Hall–Kier alpha value is -2.19. The van der Waals surface area contributed by atoms with Crippen LogP contribution in [0.15, 0.2) is 41.8 Å². The Kier molecular flexibility index (Phi) is 4.32. The van der Waals surface area contributed by atoms with Gasteiger partial charge in [0.1, 0.15) is 6.54 Å². The quantitative estimate of drug-likeness (QED) is 0.815. The number of para-hydroxylation sites is 1. The second-order valence-corrected chi connectivity index (χ2v) is 8.83. The third kappa shape index (κ3) is 2.93. The molecule has 1 atom stereocenters. The highest BCUT2D eigenvalue weighted by atomic mass is 32.2. The summed E-state index contributed by atoms with van der Waals surface area (Å²) in [5, 5.41) is 0.0158. The molecule has 4 rings (SSSR count). The average Bonchev–Trinajstić information content (AvgIpc) is 3.33. The molecule has 1 fully saturated rings. The third-order valence-corrected chi connectivity index (χ3v) is 6.86. The molecule has 0 radical (unpaired) electrons. The van der Waals surface area contributed by atoms with E-state index in [0.29, 0.717) is 13.1 Å². The van der Waals surface area contributed by atoms with Crippen LogP contribution < -0.4 is 4.90 Å². The van der Waals surface area contributed by atoms with Gasteiger partial charge in [0, 0.05) is 31.0 Å². The SMILES string of the molecule is C[C@H]1Cc2ccccc2N1C(=O)Cn1cnc(S(=O)(=O)N2CCCC2)c1. The summed E-state index contributed by atoms with van der Waals surface area (Å²) in [6.07, 6.45) is 5.47. The van der Waals surface area contributed by atoms with Crippen molar-refractivity contribution in [3.05, 3.63) is 42.4 Å². The van der Waals surface area contributed by atoms with Crippen molar-refractivity contribution in [1.29, 1.82) is 0 Å². The van der Waals surface area contributed by atoms with Gasteiger partial charge in [-0.2, -0.15) is 4.31 Å². The van der Waals surface area contributed by atoms with E-state index >= 15 is 0 Å². The van der Waals surface area contributed by atoms with Crippen molar-refractivity contribution in [3.63, 3.8) is 0 Å². The number of carbonyl (C=O) groups is 1. The van der Waals surface area contributed by atoms with E-state index in [1.54, 1.807) is 9.47 Å². The molecule has 0 N–H and O–H groups in total. The predicted octanol–water partition coefficient (Wildman–Crippen LogP) is 1.65. The smallest absolute Gasteiger partial charge is 0.262 e. The second kappa shape index (κ2) is 6.51. The van der Waals surface area contributed by atoms with Crippen LogP contribution in [-0.4, -0.2) is 47.3 Å². The Morgan fingerprint density at radius 2 is 1.96 bits per heavy atom. The number of amides is 1. The first-order chi connectivity index (χ1) is 12.5. The van der Waals surface area contributed by atoms with E-state index in [-0.39, 0.29) is 23.5 Å². The van der Waals surface area contributed by atoms with Gasteiger partial charge in [-0.1, -0.05) is 18.2 Å². The number of benzene rings is 1. The number of aromatic nitrogens is 2. The van der Waals surface area contributed by atoms with Crippen molar-refractivity contribution in [1.82, 2.24) is 13.9 Å². The maximum absolute atomic E-state index is 12.8. The fourth-order valence-electron chi connectivity index (χ4n) is 3.80. The number of nitrogens with zero attached hydrogens (tertiary/aromatic N) is 4. The molecule has 1 aromatic heterocycles. The van der Waals surface area contributed by atoms with Gasteiger partial charge in [0.25, 0.3) is 10.0 Å². The summed E-state index contributed by atoms with van der Waals surface area (Å²) in [5.74, 6) is -0.0648. The van der Waals surface area contributed by atoms with Gasteiger partial charge in [0.15, 0.2) is 5.03 Å². The molecular formula is C18H22N4O3S. The third-order valence-electron chi connectivity index (χ3n) is 5.07. The number of sulfonamides is 1. The highest BCUT2D eigenvalue weighted by Gasteiger charge is 2.32. The number of anilines is 1.